The number of carbonyl (C=O) groups excluding carboxylic acids is 1. The lowest BCUT2D eigenvalue weighted by Crippen LogP contribution is -2.39. The summed E-state index contributed by atoms with van der Waals surface area (Å²) >= 11 is 1.47. The molecular weight excluding hydrogens is 212 g/mol. The second-order valence-electron chi connectivity index (χ2n) is 3.13. The lowest BCUT2D eigenvalue weighted by atomic mass is 10.2. The second kappa shape index (κ2) is 5.85. The van der Waals surface area contributed by atoms with Crippen LogP contribution in [0, 0.1) is 0 Å². The standard InChI is InChI=1S/C10H16N2O2S/c1-2-12(5-6-13)10(14)9(11)8-4-3-7-15-8/h3-4,7,9,13H,2,5-6,11H2,1H3. The maximum absolute atomic E-state index is 11.9. The summed E-state index contributed by atoms with van der Waals surface area (Å²) in [7, 11) is 0. The van der Waals surface area contributed by atoms with Gasteiger partial charge in [0.25, 0.3) is 0 Å². The fourth-order valence-corrected chi connectivity index (χ4v) is 2.05. The third kappa shape index (κ3) is 3.02. The maximum Gasteiger partial charge on any atom is 0.244 e. The van der Waals surface area contributed by atoms with Crippen LogP contribution in [-0.4, -0.2) is 35.6 Å². The summed E-state index contributed by atoms with van der Waals surface area (Å²) in [4.78, 5) is 14.3. The van der Waals surface area contributed by atoms with E-state index < -0.39 is 6.04 Å². The van der Waals surface area contributed by atoms with Crippen molar-refractivity contribution in [2.45, 2.75) is 13.0 Å². The highest BCUT2D eigenvalue weighted by molar-refractivity contribution is 7.10. The van der Waals surface area contributed by atoms with E-state index in [1.807, 2.05) is 24.4 Å². The van der Waals surface area contributed by atoms with Crippen molar-refractivity contribution < 1.29 is 9.90 Å². The Kier molecular flexibility index (Phi) is 4.74. The first-order valence-corrected chi connectivity index (χ1v) is 5.77. The van der Waals surface area contributed by atoms with Gasteiger partial charge in [0.05, 0.1) is 6.61 Å². The Morgan fingerprint density at radius 2 is 2.47 bits per heavy atom. The highest BCUT2D eigenvalue weighted by Gasteiger charge is 2.21. The molecule has 15 heavy (non-hydrogen) atoms. The van der Waals surface area contributed by atoms with Gasteiger partial charge >= 0.3 is 0 Å². The summed E-state index contributed by atoms with van der Waals surface area (Å²) in [6.07, 6.45) is 0. The number of likely N-dealkylation sites (N-methyl/N-ethyl adjacent to an activating group) is 1. The van der Waals surface area contributed by atoms with Crippen molar-refractivity contribution in [2.75, 3.05) is 19.7 Å². The molecule has 0 saturated heterocycles. The number of carbonyl (C=O) groups is 1. The SMILES string of the molecule is CCN(CCO)C(=O)C(N)c1cccs1. The number of nitrogens with two attached hydrogens (primary N) is 1. The number of thiophene rings is 1. The number of aliphatic hydroxyl groups is 1. The predicted molar refractivity (Wildman–Crippen MR) is 60.6 cm³/mol. The van der Waals surface area contributed by atoms with Crippen LogP contribution in [0.1, 0.15) is 17.8 Å². The minimum absolute atomic E-state index is 0.0310. The maximum atomic E-state index is 11.9. The summed E-state index contributed by atoms with van der Waals surface area (Å²) in [6.45, 7) is 2.75. The summed E-state index contributed by atoms with van der Waals surface area (Å²) < 4.78 is 0. The molecule has 1 heterocycles. The number of amides is 1. The molecular formula is C10H16N2O2S. The van der Waals surface area contributed by atoms with Crippen molar-refractivity contribution in [1.29, 1.82) is 0 Å². The van der Waals surface area contributed by atoms with E-state index in [2.05, 4.69) is 0 Å². The van der Waals surface area contributed by atoms with Crippen LogP contribution in [-0.2, 0) is 4.79 Å². The lowest BCUT2D eigenvalue weighted by Gasteiger charge is -2.22. The van der Waals surface area contributed by atoms with Crippen molar-refractivity contribution in [2.24, 2.45) is 5.73 Å². The molecule has 0 saturated carbocycles. The van der Waals surface area contributed by atoms with Crippen molar-refractivity contribution in [3.05, 3.63) is 22.4 Å². The Bertz CT molecular complexity index is 300. The van der Waals surface area contributed by atoms with E-state index in [1.165, 1.54) is 11.3 Å². The molecule has 3 N–H and O–H groups in total. The van der Waals surface area contributed by atoms with Gasteiger partial charge in [0.15, 0.2) is 0 Å². The summed E-state index contributed by atoms with van der Waals surface area (Å²) in [6, 6.07) is 3.12. The molecule has 0 spiro atoms. The average molecular weight is 228 g/mol. The monoisotopic (exact) mass is 228 g/mol. The van der Waals surface area contributed by atoms with Gasteiger partial charge in [-0.15, -0.1) is 11.3 Å². The largest absolute Gasteiger partial charge is 0.395 e. The molecule has 1 atom stereocenters. The van der Waals surface area contributed by atoms with Crippen molar-refractivity contribution in [1.82, 2.24) is 4.90 Å². The molecule has 1 rings (SSSR count). The molecule has 0 aromatic carbocycles. The Morgan fingerprint density at radius 3 is 2.93 bits per heavy atom. The Morgan fingerprint density at radius 1 is 1.73 bits per heavy atom. The molecule has 5 heteroatoms. The van der Waals surface area contributed by atoms with Gasteiger partial charge in [0.1, 0.15) is 6.04 Å². The molecule has 0 fully saturated rings. The normalized spacial score (nSPS) is 12.5. The second-order valence-corrected chi connectivity index (χ2v) is 4.11. The minimum atomic E-state index is -0.600. The number of aliphatic hydroxyl groups excluding tert-OH is 1. The number of hydrogen-bond donors (Lipinski definition) is 2. The highest BCUT2D eigenvalue weighted by Crippen LogP contribution is 2.18. The van der Waals surface area contributed by atoms with E-state index in [-0.39, 0.29) is 12.5 Å². The molecule has 1 aromatic rings. The Hall–Kier alpha value is -0.910. The van der Waals surface area contributed by atoms with Gasteiger partial charge in [-0.05, 0) is 18.4 Å². The van der Waals surface area contributed by atoms with Gasteiger partial charge in [-0.3, -0.25) is 4.79 Å². The quantitative estimate of drug-likeness (QED) is 0.775. The minimum Gasteiger partial charge on any atom is -0.395 e. The third-order valence-corrected chi connectivity index (χ3v) is 3.13. The smallest absolute Gasteiger partial charge is 0.244 e. The fourth-order valence-electron chi connectivity index (χ4n) is 1.33. The van der Waals surface area contributed by atoms with E-state index in [1.54, 1.807) is 4.90 Å². The summed E-state index contributed by atoms with van der Waals surface area (Å²) in [5.74, 6) is -0.131. The van der Waals surface area contributed by atoms with Crippen LogP contribution in [0.4, 0.5) is 0 Å². The molecule has 0 bridgehead atoms. The average Bonchev–Trinajstić information content (AvgIpc) is 2.77. The van der Waals surface area contributed by atoms with Crippen LogP contribution >= 0.6 is 11.3 Å². The van der Waals surface area contributed by atoms with Crippen LogP contribution in [0.15, 0.2) is 17.5 Å². The number of rotatable bonds is 5. The first kappa shape index (κ1) is 12.2. The molecule has 1 unspecified atom stereocenters. The topological polar surface area (TPSA) is 66.6 Å². The first-order chi connectivity index (χ1) is 7.20. The van der Waals surface area contributed by atoms with Crippen LogP contribution in [0.5, 0.6) is 0 Å². The predicted octanol–water partition coefficient (Wildman–Crippen LogP) is 0.589. The van der Waals surface area contributed by atoms with Crippen molar-refractivity contribution in [3.63, 3.8) is 0 Å². The molecule has 4 nitrogen and oxygen atoms in total. The van der Waals surface area contributed by atoms with Gasteiger partial charge in [0, 0.05) is 18.0 Å². The van der Waals surface area contributed by atoms with E-state index in [0.29, 0.717) is 13.1 Å². The molecule has 0 aliphatic carbocycles. The summed E-state index contributed by atoms with van der Waals surface area (Å²) in [5.41, 5.74) is 5.83. The van der Waals surface area contributed by atoms with Crippen molar-refractivity contribution in [3.8, 4) is 0 Å². The van der Waals surface area contributed by atoms with Gasteiger partial charge in [0.2, 0.25) is 5.91 Å². The number of hydrogen-bond acceptors (Lipinski definition) is 4. The van der Waals surface area contributed by atoms with Gasteiger partial charge in [-0.25, -0.2) is 0 Å². The number of nitrogens with zero attached hydrogens (tertiary/aromatic N) is 1. The molecule has 1 amide bonds. The van der Waals surface area contributed by atoms with E-state index >= 15 is 0 Å². The Balaban J connectivity index is 2.66. The Labute approximate surface area is 93.3 Å². The third-order valence-electron chi connectivity index (χ3n) is 2.18. The van der Waals surface area contributed by atoms with Crippen molar-refractivity contribution >= 4 is 17.2 Å². The van der Waals surface area contributed by atoms with Crippen LogP contribution < -0.4 is 5.73 Å². The zero-order chi connectivity index (χ0) is 11.3. The highest BCUT2D eigenvalue weighted by atomic mass is 32.1. The molecule has 0 aliphatic heterocycles. The summed E-state index contributed by atoms with van der Waals surface area (Å²) in [5, 5.41) is 10.7. The van der Waals surface area contributed by atoms with Crippen LogP contribution in [0.2, 0.25) is 0 Å². The van der Waals surface area contributed by atoms with Gasteiger partial charge < -0.3 is 15.7 Å². The van der Waals surface area contributed by atoms with E-state index in [0.717, 1.165) is 4.88 Å². The molecule has 84 valence electrons. The van der Waals surface area contributed by atoms with Crippen LogP contribution in [0.3, 0.4) is 0 Å². The lowest BCUT2D eigenvalue weighted by molar-refractivity contribution is -0.133. The molecule has 1 aromatic heterocycles. The van der Waals surface area contributed by atoms with E-state index in [9.17, 15) is 4.79 Å². The fraction of sp³-hybridized carbons (Fsp3) is 0.500. The molecule has 0 aliphatic rings. The molecule has 0 radical (unpaired) electrons. The van der Waals surface area contributed by atoms with Gasteiger partial charge in [-0.1, -0.05) is 6.07 Å². The van der Waals surface area contributed by atoms with Gasteiger partial charge in [-0.2, -0.15) is 0 Å². The zero-order valence-corrected chi connectivity index (χ0v) is 9.54. The zero-order valence-electron chi connectivity index (χ0n) is 8.72. The first-order valence-electron chi connectivity index (χ1n) is 4.89. The van der Waals surface area contributed by atoms with E-state index in [4.69, 9.17) is 10.8 Å². The van der Waals surface area contributed by atoms with Crippen LogP contribution in [0.25, 0.3) is 0 Å².